The molecule has 2 aromatic rings. The second-order valence-corrected chi connectivity index (χ2v) is 6.25. The fourth-order valence-electron chi connectivity index (χ4n) is 1.50. The minimum absolute atomic E-state index is 0.0159. The molecule has 0 unspecified atom stereocenters. The summed E-state index contributed by atoms with van der Waals surface area (Å²) in [7, 11) is -4.09. The lowest BCUT2D eigenvalue weighted by Crippen LogP contribution is -2.30. The summed E-state index contributed by atoms with van der Waals surface area (Å²) in [4.78, 5) is 8.93. The van der Waals surface area contributed by atoms with E-state index >= 15 is 0 Å². The van der Waals surface area contributed by atoms with Crippen molar-refractivity contribution in [3.63, 3.8) is 0 Å². The van der Waals surface area contributed by atoms with Gasteiger partial charge in [-0.2, -0.15) is 4.98 Å². The third kappa shape index (κ3) is 5.11. The Morgan fingerprint density at radius 3 is 2.33 bits per heavy atom. The van der Waals surface area contributed by atoms with E-state index in [1.54, 1.807) is 0 Å². The van der Waals surface area contributed by atoms with E-state index in [1.165, 1.54) is 6.07 Å². The van der Waals surface area contributed by atoms with Crippen LogP contribution in [0.25, 0.3) is 0 Å². The van der Waals surface area contributed by atoms with Crippen LogP contribution < -0.4 is 20.7 Å². The second kappa shape index (κ2) is 6.67. The van der Waals surface area contributed by atoms with Crippen LogP contribution in [0.3, 0.4) is 0 Å². The Bertz CT molecular complexity index is 810. The molecule has 0 amide bonds. The highest BCUT2D eigenvalue weighted by Crippen LogP contribution is 2.23. The molecule has 0 aliphatic carbocycles. The summed E-state index contributed by atoms with van der Waals surface area (Å²) in [5.41, 5.74) is 7.60. The smallest absolute Gasteiger partial charge is 0.406 e. The fraction of sp³-hybridized carbons (Fsp3) is 0.0909. The molecule has 0 aliphatic rings. The van der Waals surface area contributed by atoms with Gasteiger partial charge in [-0.15, -0.1) is 18.0 Å². The minimum atomic E-state index is -4.87. The summed E-state index contributed by atoms with van der Waals surface area (Å²) in [5.74, 6) is -0.754. The van der Waals surface area contributed by atoms with Gasteiger partial charge in [0.15, 0.2) is 0 Å². The molecule has 0 atom stereocenters. The molecule has 1 heterocycles. The van der Waals surface area contributed by atoms with Crippen molar-refractivity contribution in [2.45, 2.75) is 11.3 Å². The average Bonchev–Trinajstić information content (AvgIpc) is 2.43. The topological polar surface area (TPSA) is 119 Å². The predicted molar refractivity (Wildman–Crippen MR) is 78.5 cm³/mol. The van der Waals surface area contributed by atoms with Gasteiger partial charge in [-0.3, -0.25) is 5.43 Å². The predicted octanol–water partition coefficient (Wildman–Crippen LogP) is 1.92. The number of alkyl halides is 3. The van der Waals surface area contributed by atoms with Crippen molar-refractivity contribution in [2.24, 2.45) is 0 Å². The quantitative estimate of drug-likeness (QED) is 0.533. The third-order valence-corrected chi connectivity index (χ3v) is 3.85. The van der Waals surface area contributed by atoms with E-state index in [1.807, 2.05) is 4.83 Å². The van der Waals surface area contributed by atoms with Crippen LogP contribution in [0.1, 0.15) is 0 Å². The number of aromatic nitrogens is 2. The molecule has 0 saturated heterocycles. The molecule has 130 valence electrons. The highest BCUT2D eigenvalue weighted by molar-refractivity contribution is 7.89. The number of nitrogens with zero attached hydrogens (tertiary/aromatic N) is 2. The number of rotatable bonds is 5. The summed E-state index contributed by atoms with van der Waals surface area (Å²) in [5, 5.41) is -0.0159. The van der Waals surface area contributed by atoms with Gasteiger partial charge < -0.3 is 10.5 Å². The van der Waals surface area contributed by atoms with E-state index in [0.717, 1.165) is 24.3 Å². The van der Waals surface area contributed by atoms with Crippen LogP contribution in [0, 0.1) is 0 Å². The highest BCUT2D eigenvalue weighted by Gasteiger charge is 2.31. The molecule has 8 nitrogen and oxygen atoms in total. The molecule has 0 bridgehead atoms. The van der Waals surface area contributed by atoms with Gasteiger partial charge in [-0.1, -0.05) is 11.6 Å². The molecule has 0 aliphatic heterocycles. The Labute approximate surface area is 138 Å². The monoisotopic (exact) mass is 383 g/mol. The van der Waals surface area contributed by atoms with E-state index in [9.17, 15) is 21.6 Å². The van der Waals surface area contributed by atoms with Crippen molar-refractivity contribution in [3.05, 3.63) is 35.5 Å². The van der Waals surface area contributed by atoms with Gasteiger partial charge in [0.2, 0.25) is 5.95 Å². The zero-order chi connectivity index (χ0) is 18.0. The molecule has 2 rings (SSSR count). The number of nitrogens with two attached hydrogens (primary N) is 1. The Balaban J connectivity index is 2.09. The molecule has 0 fully saturated rings. The summed E-state index contributed by atoms with van der Waals surface area (Å²) >= 11 is 5.63. The molecule has 13 heteroatoms. The second-order valence-electron chi connectivity index (χ2n) is 4.18. The normalized spacial score (nSPS) is 12.0. The Morgan fingerprint density at radius 1 is 1.17 bits per heavy atom. The maximum Gasteiger partial charge on any atom is 0.573 e. The first-order valence-electron chi connectivity index (χ1n) is 5.99. The van der Waals surface area contributed by atoms with Gasteiger partial charge in [-0.05, 0) is 24.3 Å². The Morgan fingerprint density at radius 2 is 1.79 bits per heavy atom. The number of anilines is 2. The molecule has 1 aromatic heterocycles. The van der Waals surface area contributed by atoms with Crippen molar-refractivity contribution in [3.8, 4) is 5.75 Å². The largest absolute Gasteiger partial charge is 0.573 e. The van der Waals surface area contributed by atoms with Crippen LogP contribution >= 0.6 is 11.6 Å². The van der Waals surface area contributed by atoms with Gasteiger partial charge in [0.1, 0.15) is 16.7 Å². The number of benzene rings is 1. The van der Waals surface area contributed by atoms with Crippen LogP contribution in [0.4, 0.5) is 24.9 Å². The van der Waals surface area contributed by atoms with Crippen LogP contribution in [0.2, 0.25) is 5.15 Å². The third-order valence-electron chi connectivity index (χ3n) is 2.39. The first-order chi connectivity index (χ1) is 11.0. The lowest BCUT2D eigenvalue weighted by atomic mass is 10.3. The van der Waals surface area contributed by atoms with E-state index in [-0.39, 0.29) is 21.8 Å². The first-order valence-corrected chi connectivity index (χ1v) is 7.85. The number of nitrogens with one attached hydrogen (secondary N) is 2. The Hall–Kier alpha value is -2.31. The van der Waals surface area contributed by atoms with Crippen molar-refractivity contribution in [1.29, 1.82) is 0 Å². The lowest BCUT2D eigenvalue weighted by molar-refractivity contribution is -0.274. The Kier molecular flexibility index (Phi) is 5.01. The summed E-state index contributed by atoms with van der Waals surface area (Å²) in [6.45, 7) is 0. The van der Waals surface area contributed by atoms with Gasteiger partial charge in [0.05, 0.1) is 4.90 Å². The maximum absolute atomic E-state index is 12.1. The van der Waals surface area contributed by atoms with Crippen LogP contribution in [-0.2, 0) is 10.0 Å². The van der Waals surface area contributed by atoms with Gasteiger partial charge >= 0.3 is 6.36 Å². The summed E-state index contributed by atoms with van der Waals surface area (Å²) < 4.78 is 63.9. The summed E-state index contributed by atoms with van der Waals surface area (Å²) in [6.07, 6.45) is -4.87. The number of hydrazine groups is 1. The molecule has 0 radical (unpaired) electrons. The standard InChI is InChI=1S/C11H9ClF3N5O3S/c12-8-5-9(18-10(16)17-8)19-20-24(21,22)7-3-1-6(2-4-7)23-11(13,14)15/h1-5,20H,(H3,16,17,18,19). The highest BCUT2D eigenvalue weighted by atomic mass is 35.5. The zero-order valence-corrected chi connectivity index (χ0v) is 13.1. The molecule has 4 N–H and O–H groups in total. The number of hydrogen-bond acceptors (Lipinski definition) is 7. The van der Waals surface area contributed by atoms with E-state index < -0.39 is 22.1 Å². The van der Waals surface area contributed by atoms with Crippen LogP contribution in [0.15, 0.2) is 35.2 Å². The minimum Gasteiger partial charge on any atom is -0.406 e. The van der Waals surface area contributed by atoms with Gasteiger partial charge in [0.25, 0.3) is 10.0 Å². The number of halogens is 4. The van der Waals surface area contributed by atoms with Crippen molar-refractivity contribution >= 4 is 33.4 Å². The number of ether oxygens (including phenoxy) is 1. The van der Waals surface area contributed by atoms with E-state index in [0.29, 0.717) is 0 Å². The summed E-state index contributed by atoms with van der Waals surface area (Å²) in [6, 6.07) is 4.81. The van der Waals surface area contributed by atoms with Crippen molar-refractivity contribution in [1.82, 2.24) is 14.8 Å². The van der Waals surface area contributed by atoms with Crippen LogP contribution in [0.5, 0.6) is 5.75 Å². The van der Waals surface area contributed by atoms with Crippen molar-refractivity contribution < 1.29 is 26.3 Å². The van der Waals surface area contributed by atoms with Crippen LogP contribution in [-0.4, -0.2) is 24.7 Å². The van der Waals surface area contributed by atoms with E-state index in [2.05, 4.69) is 20.1 Å². The molecule has 1 aromatic carbocycles. The maximum atomic E-state index is 12.1. The molecule has 24 heavy (non-hydrogen) atoms. The molecular weight excluding hydrogens is 375 g/mol. The SMILES string of the molecule is Nc1nc(Cl)cc(NNS(=O)(=O)c2ccc(OC(F)(F)F)cc2)n1. The van der Waals surface area contributed by atoms with Crippen molar-refractivity contribution in [2.75, 3.05) is 11.2 Å². The first kappa shape index (κ1) is 18.0. The van der Waals surface area contributed by atoms with E-state index in [4.69, 9.17) is 17.3 Å². The van der Waals surface area contributed by atoms with Gasteiger partial charge in [-0.25, -0.2) is 13.4 Å². The fourth-order valence-corrected chi connectivity index (χ4v) is 2.54. The molecular formula is C11H9ClF3N5O3S. The number of hydrogen-bond donors (Lipinski definition) is 3. The molecule has 0 saturated carbocycles. The van der Waals surface area contributed by atoms with Gasteiger partial charge in [0, 0.05) is 6.07 Å². The average molecular weight is 384 g/mol. The molecule has 0 spiro atoms. The number of nitrogen functional groups attached to an aromatic ring is 1. The lowest BCUT2D eigenvalue weighted by Gasteiger charge is -2.11. The zero-order valence-electron chi connectivity index (χ0n) is 11.5. The number of sulfonamides is 1.